The van der Waals surface area contributed by atoms with E-state index in [9.17, 15) is 0 Å². The Balaban J connectivity index is 1.65. The van der Waals surface area contributed by atoms with Crippen LogP contribution in [0.25, 0.3) is 0 Å². The summed E-state index contributed by atoms with van der Waals surface area (Å²) in [5.74, 6) is 0. The predicted octanol–water partition coefficient (Wildman–Crippen LogP) is 2.23. The number of hydrogen-bond acceptors (Lipinski definition) is 4. The fraction of sp³-hybridized carbons (Fsp3) is 0.750. The first kappa shape index (κ1) is 12.0. The van der Waals surface area contributed by atoms with Crippen molar-refractivity contribution in [1.82, 2.24) is 10.3 Å². The molecule has 0 spiro atoms. The molecule has 1 aromatic rings. The molecule has 1 aromatic heterocycles. The molecule has 1 fully saturated rings. The second kappa shape index (κ2) is 6.33. The highest BCUT2D eigenvalue weighted by atomic mass is 32.1. The lowest BCUT2D eigenvalue weighted by molar-refractivity contribution is 0.000116. The highest BCUT2D eigenvalue weighted by molar-refractivity contribution is 7.09. The number of aromatic nitrogens is 1. The molecule has 16 heavy (non-hydrogen) atoms. The Labute approximate surface area is 101 Å². The SMILES string of the molecule is CCC1CC(NCCc2nccs2)CCO1. The van der Waals surface area contributed by atoms with E-state index in [0.717, 1.165) is 38.8 Å². The van der Waals surface area contributed by atoms with Crippen molar-refractivity contribution in [3.8, 4) is 0 Å². The van der Waals surface area contributed by atoms with Gasteiger partial charge in [0.15, 0.2) is 0 Å². The minimum absolute atomic E-state index is 0.464. The van der Waals surface area contributed by atoms with Gasteiger partial charge >= 0.3 is 0 Å². The van der Waals surface area contributed by atoms with Crippen LogP contribution in [0.2, 0.25) is 0 Å². The van der Waals surface area contributed by atoms with Crippen molar-refractivity contribution in [2.75, 3.05) is 13.2 Å². The smallest absolute Gasteiger partial charge is 0.0937 e. The molecule has 0 aromatic carbocycles. The van der Waals surface area contributed by atoms with Crippen LogP contribution in [0.4, 0.5) is 0 Å². The van der Waals surface area contributed by atoms with Crippen molar-refractivity contribution >= 4 is 11.3 Å². The summed E-state index contributed by atoms with van der Waals surface area (Å²) in [6.45, 7) is 4.14. The molecule has 1 saturated heterocycles. The zero-order valence-electron chi connectivity index (χ0n) is 9.82. The monoisotopic (exact) mass is 240 g/mol. The van der Waals surface area contributed by atoms with Gasteiger partial charge in [0, 0.05) is 37.2 Å². The van der Waals surface area contributed by atoms with Gasteiger partial charge < -0.3 is 10.1 Å². The van der Waals surface area contributed by atoms with Crippen LogP contribution in [0.15, 0.2) is 11.6 Å². The lowest BCUT2D eigenvalue weighted by atomic mass is 10.0. The van der Waals surface area contributed by atoms with Crippen LogP contribution in [0.1, 0.15) is 31.2 Å². The Morgan fingerprint density at radius 2 is 2.56 bits per heavy atom. The van der Waals surface area contributed by atoms with Gasteiger partial charge in [-0.15, -0.1) is 11.3 Å². The van der Waals surface area contributed by atoms with Crippen LogP contribution < -0.4 is 5.32 Å². The number of nitrogens with one attached hydrogen (secondary N) is 1. The first-order chi connectivity index (χ1) is 7.88. The summed E-state index contributed by atoms with van der Waals surface area (Å²) in [5, 5.41) is 6.88. The molecule has 0 saturated carbocycles. The second-order valence-corrected chi connectivity index (χ2v) is 5.23. The first-order valence-electron chi connectivity index (χ1n) is 6.12. The molecule has 3 nitrogen and oxygen atoms in total. The van der Waals surface area contributed by atoms with Gasteiger partial charge in [-0.05, 0) is 19.3 Å². The summed E-state index contributed by atoms with van der Waals surface area (Å²) in [6, 6.07) is 0.638. The van der Waals surface area contributed by atoms with Crippen molar-refractivity contribution in [2.45, 2.75) is 44.8 Å². The summed E-state index contributed by atoms with van der Waals surface area (Å²) in [7, 11) is 0. The standard InChI is InChI=1S/C12H20N2OS/c1-2-11-9-10(4-7-15-11)13-5-3-12-14-6-8-16-12/h6,8,10-11,13H,2-5,7,9H2,1H3. The third-order valence-electron chi connectivity index (χ3n) is 3.08. The Morgan fingerprint density at radius 3 is 3.31 bits per heavy atom. The quantitative estimate of drug-likeness (QED) is 0.857. The van der Waals surface area contributed by atoms with E-state index in [4.69, 9.17) is 4.74 Å². The third kappa shape index (κ3) is 3.54. The molecule has 2 unspecified atom stereocenters. The minimum Gasteiger partial charge on any atom is -0.378 e. The van der Waals surface area contributed by atoms with E-state index >= 15 is 0 Å². The Kier molecular flexibility index (Phi) is 4.75. The minimum atomic E-state index is 0.464. The third-order valence-corrected chi connectivity index (χ3v) is 3.92. The zero-order valence-corrected chi connectivity index (χ0v) is 10.6. The van der Waals surface area contributed by atoms with Gasteiger partial charge in [0.25, 0.3) is 0 Å². The lowest BCUT2D eigenvalue weighted by Gasteiger charge is -2.29. The molecular formula is C12H20N2OS. The largest absolute Gasteiger partial charge is 0.378 e. The fourth-order valence-electron chi connectivity index (χ4n) is 2.11. The van der Waals surface area contributed by atoms with Gasteiger partial charge in [-0.2, -0.15) is 0 Å². The molecule has 2 atom stereocenters. The van der Waals surface area contributed by atoms with Gasteiger partial charge in [0.2, 0.25) is 0 Å². The van der Waals surface area contributed by atoms with Crippen molar-refractivity contribution in [2.24, 2.45) is 0 Å². The molecule has 4 heteroatoms. The Bertz CT molecular complexity index is 289. The predicted molar refractivity (Wildman–Crippen MR) is 66.9 cm³/mol. The van der Waals surface area contributed by atoms with Crippen LogP contribution in [0.3, 0.4) is 0 Å². The van der Waals surface area contributed by atoms with Crippen molar-refractivity contribution in [3.63, 3.8) is 0 Å². The van der Waals surface area contributed by atoms with Crippen LogP contribution in [0.5, 0.6) is 0 Å². The summed E-state index contributed by atoms with van der Waals surface area (Å²) < 4.78 is 5.66. The molecular weight excluding hydrogens is 220 g/mol. The molecule has 90 valence electrons. The van der Waals surface area contributed by atoms with Crippen LogP contribution >= 0.6 is 11.3 Å². The molecule has 0 bridgehead atoms. The number of ether oxygens (including phenoxy) is 1. The maximum Gasteiger partial charge on any atom is 0.0937 e. The maximum absolute atomic E-state index is 5.66. The fourth-order valence-corrected chi connectivity index (χ4v) is 2.73. The highest BCUT2D eigenvalue weighted by Gasteiger charge is 2.20. The van der Waals surface area contributed by atoms with Crippen LogP contribution in [-0.2, 0) is 11.2 Å². The highest BCUT2D eigenvalue weighted by Crippen LogP contribution is 2.16. The van der Waals surface area contributed by atoms with E-state index in [1.165, 1.54) is 5.01 Å². The normalized spacial score (nSPS) is 25.8. The number of thiazole rings is 1. The molecule has 0 amide bonds. The van der Waals surface area contributed by atoms with Gasteiger partial charge in [-0.3, -0.25) is 0 Å². The van der Waals surface area contributed by atoms with E-state index in [2.05, 4.69) is 17.2 Å². The number of hydrogen-bond donors (Lipinski definition) is 1. The van der Waals surface area contributed by atoms with Crippen LogP contribution in [-0.4, -0.2) is 30.3 Å². The first-order valence-corrected chi connectivity index (χ1v) is 6.99. The molecule has 2 rings (SSSR count). The van der Waals surface area contributed by atoms with Crippen molar-refractivity contribution < 1.29 is 4.74 Å². The topological polar surface area (TPSA) is 34.2 Å². The van der Waals surface area contributed by atoms with Crippen molar-refractivity contribution in [1.29, 1.82) is 0 Å². The summed E-state index contributed by atoms with van der Waals surface area (Å²) in [6.07, 6.45) is 6.83. The Hall–Kier alpha value is -0.450. The summed E-state index contributed by atoms with van der Waals surface area (Å²) in [4.78, 5) is 4.28. The molecule has 1 aliphatic rings. The molecule has 0 aliphatic carbocycles. The molecule has 1 N–H and O–H groups in total. The molecule has 2 heterocycles. The van der Waals surface area contributed by atoms with Gasteiger partial charge in [0.1, 0.15) is 0 Å². The average molecular weight is 240 g/mol. The Morgan fingerprint density at radius 1 is 1.62 bits per heavy atom. The van der Waals surface area contributed by atoms with E-state index in [0.29, 0.717) is 12.1 Å². The molecule has 1 aliphatic heterocycles. The van der Waals surface area contributed by atoms with Crippen LogP contribution in [0, 0.1) is 0 Å². The summed E-state index contributed by atoms with van der Waals surface area (Å²) >= 11 is 1.74. The van der Waals surface area contributed by atoms with E-state index in [1.54, 1.807) is 11.3 Å². The zero-order chi connectivity index (χ0) is 11.2. The number of rotatable bonds is 5. The number of nitrogens with zero attached hydrogens (tertiary/aromatic N) is 1. The van der Waals surface area contributed by atoms with Gasteiger partial charge in [-0.25, -0.2) is 4.98 Å². The van der Waals surface area contributed by atoms with E-state index in [1.807, 2.05) is 11.6 Å². The average Bonchev–Trinajstić information content (AvgIpc) is 2.82. The van der Waals surface area contributed by atoms with E-state index in [-0.39, 0.29) is 0 Å². The van der Waals surface area contributed by atoms with Crippen molar-refractivity contribution in [3.05, 3.63) is 16.6 Å². The summed E-state index contributed by atoms with van der Waals surface area (Å²) in [5.41, 5.74) is 0. The molecule has 0 radical (unpaired) electrons. The van der Waals surface area contributed by atoms with Gasteiger partial charge in [-0.1, -0.05) is 6.92 Å². The lowest BCUT2D eigenvalue weighted by Crippen LogP contribution is -2.39. The second-order valence-electron chi connectivity index (χ2n) is 4.25. The van der Waals surface area contributed by atoms with Gasteiger partial charge in [0.05, 0.1) is 11.1 Å². The maximum atomic E-state index is 5.66. The van der Waals surface area contributed by atoms with E-state index < -0.39 is 0 Å².